The molecule has 8 heteroatoms. The summed E-state index contributed by atoms with van der Waals surface area (Å²) in [6.45, 7) is 3.80. The molecule has 0 fully saturated rings. The number of hydrogen-bond donors (Lipinski definition) is 3. The van der Waals surface area contributed by atoms with Crippen molar-refractivity contribution < 1.29 is 13.9 Å². The Morgan fingerprint density at radius 2 is 1.97 bits per heavy atom. The van der Waals surface area contributed by atoms with Gasteiger partial charge in [0, 0.05) is 37.2 Å². The fourth-order valence-electron chi connectivity index (χ4n) is 3.18. The summed E-state index contributed by atoms with van der Waals surface area (Å²) in [6.07, 6.45) is 2.68. The van der Waals surface area contributed by atoms with Gasteiger partial charge in [-0.1, -0.05) is 6.07 Å². The number of aliphatic imine (C=N–C) groups is 1. The van der Waals surface area contributed by atoms with E-state index in [1.165, 1.54) is 6.07 Å². The monoisotopic (exact) mass is 526 g/mol. The van der Waals surface area contributed by atoms with Crippen molar-refractivity contribution >= 4 is 40.8 Å². The number of ether oxygens (including phenoxy) is 2. The molecule has 0 bridgehead atoms. The van der Waals surface area contributed by atoms with Crippen molar-refractivity contribution in [3.63, 3.8) is 0 Å². The second kappa shape index (κ2) is 11.6. The molecule has 0 aliphatic rings. The minimum atomic E-state index is -0.227. The number of aromatic nitrogens is 1. The maximum atomic E-state index is 13.5. The molecule has 30 heavy (non-hydrogen) atoms. The number of benzene rings is 2. The van der Waals surface area contributed by atoms with Crippen molar-refractivity contribution in [2.75, 3.05) is 27.3 Å². The van der Waals surface area contributed by atoms with Crippen LogP contribution >= 0.6 is 24.0 Å². The lowest BCUT2D eigenvalue weighted by Gasteiger charge is -2.14. The van der Waals surface area contributed by atoms with Crippen LogP contribution in [0, 0.1) is 5.82 Å². The Morgan fingerprint density at radius 1 is 1.13 bits per heavy atom. The Balaban J connectivity index is 0.00000320. The van der Waals surface area contributed by atoms with Gasteiger partial charge in [0.2, 0.25) is 0 Å². The van der Waals surface area contributed by atoms with Gasteiger partial charge < -0.3 is 25.1 Å². The SMILES string of the molecule is CCOc1cc(CNC(=NC)NCCc2c[nH]c3ccc(F)cc23)ccc1OC.I. The normalized spacial score (nSPS) is 11.1. The van der Waals surface area contributed by atoms with Crippen LogP contribution in [0.15, 0.2) is 47.6 Å². The standard InChI is InChI=1S/C22H27FN4O2.HI/c1-4-29-21-11-15(5-8-20(21)28-3)13-27-22(24-2)25-10-9-16-14-26-19-7-6-17(23)12-18(16)19;/h5-8,11-12,14,26H,4,9-10,13H2,1-3H3,(H2,24,25,27);1H. The zero-order valence-electron chi connectivity index (χ0n) is 17.4. The minimum Gasteiger partial charge on any atom is -0.493 e. The molecule has 0 radical (unpaired) electrons. The number of aromatic amines is 1. The van der Waals surface area contributed by atoms with E-state index in [-0.39, 0.29) is 29.8 Å². The molecule has 162 valence electrons. The lowest BCUT2D eigenvalue weighted by atomic mass is 10.1. The van der Waals surface area contributed by atoms with Gasteiger partial charge in [-0.15, -0.1) is 24.0 Å². The summed E-state index contributed by atoms with van der Waals surface area (Å²) in [5.74, 6) is 1.91. The second-order valence-electron chi connectivity index (χ2n) is 6.52. The smallest absolute Gasteiger partial charge is 0.191 e. The zero-order valence-corrected chi connectivity index (χ0v) is 19.8. The molecule has 0 aliphatic carbocycles. The highest BCUT2D eigenvalue weighted by atomic mass is 127. The molecule has 0 atom stereocenters. The molecule has 0 amide bonds. The van der Waals surface area contributed by atoms with Gasteiger partial charge in [-0.25, -0.2) is 4.39 Å². The Kier molecular flexibility index (Phi) is 9.22. The van der Waals surface area contributed by atoms with Crippen molar-refractivity contribution in [3.05, 3.63) is 59.5 Å². The van der Waals surface area contributed by atoms with Gasteiger partial charge in [-0.3, -0.25) is 4.99 Å². The predicted octanol–water partition coefficient (Wildman–Crippen LogP) is 4.24. The Hall–Kier alpha value is -2.49. The van der Waals surface area contributed by atoms with Crippen molar-refractivity contribution in [3.8, 4) is 11.5 Å². The Bertz CT molecular complexity index is 990. The number of nitrogens with zero attached hydrogens (tertiary/aromatic N) is 1. The molecule has 0 spiro atoms. The number of hydrogen-bond acceptors (Lipinski definition) is 3. The molecule has 1 aromatic heterocycles. The first-order valence-electron chi connectivity index (χ1n) is 9.64. The maximum Gasteiger partial charge on any atom is 0.191 e. The van der Waals surface area contributed by atoms with Gasteiger partial charge in [0.25, 0.3) is 0 Å². The van der Waals surface area contributed by atoms with Crippen LogP contribution in [-0.2, 0) is 13.0 Å². The Labute approximate surface area is 193 Å². The number of fused-ring (bicyclic) bond motifs is 1. The zero-order chi connectivity index (χ0) is 20.6. The van der Waals surface area contributed by atoms with Crippen molar-refractivity contribution in [2.24, 2.45) is 4.99 Å². The van der Waals surface area contributed by atoms with Crippen LogP contribution < -0.4 is 20.1 Å². The lowest BCUT2D eigenvalue weighted by Crippen LogP contribution is -2.37. The third-order valence-corrected chi connectivity index (χ3v) is 4.63. The summed E-state index contributed by atoms with van der Waals surface area (Å²) in [5, 5.41) is 7.50. The number of methoxy groups -OCH3 is 1. The summed E-state index contributed by atoms with van der Waals surface area (Å²) >= 11 is 0. The van der Waals surface area contributed by atoms with Gasteiger partial charge in [0.1, 0.15) is 5.82 Å². The molecular formula is C22H28FIN4O2. The fourth-order valence-corrected chi connectivity index (χ4v) is 3.18. The highest BCUT2D eigenvalue weighted by Crippen LogP contribution is 2.28. The Morgan fingerprint density at radius 3 is 2.70 bits per heavy atom. The van der Waals surface area contributed by atoms with E-state index in [2.05, 4.69) is 20.6 Å². The summed E-state index contributed by atoms with van der Waals surface area (Å²) in [6, 6.07) is 10.6. The van der Waals surface area contributed by atoms with Crippen LogP contribution in [0.1, 0.15) is 18.1 Å². The molecule has 3 rings (SSSR count). The second-order valence-corrected chi connectivity index (χ2v) is 6.52. The lowest BCUT2D eigenvalue weighted by molar-refractivity contribution is 0.310. The highest BCUT2D eigenvalue weighted by molar-refractivity contribution is 14.0. The average molecular weight is 526 g/mol. The van der Waals surface area contributed by atoms with Crippen LogP contribution in [0.5, 0.6) is 11.5 Å². The van der Waals surface area contributed by atoms with Gasteiger partial charge in [-0.2, -0.15) is 0 Å². The molecule has 3 aromatic rings. The van der Waals surface area contributed by atoms with E-state index in [1.54, 1.807) is 26.3 Å². The van der Waals surface area contributed by atoms with E-state index in [0.717, 1.165) is 34.2 Å². The number of H-pyrrole nitrogens is 1. The first-order chi connectivity index (χ1) is 14.1. The summed E-state index contributed by atoms with van der Waals surface area (Å²) in [7, 11) is 3.36. The average Bonchev–Trinajstić information content (AvgIpc) is 3.13. The largest absolute Gasteiger partial charge is 0.493 e. The number of nitrogens with one attached hydrogen (secondary N) is 3. The summed E-state index contributed by atoms with van der Waals surface area (Å²) in [4.78, 5) is 7.44. The van der Waals surface area contributed by atoms with E-state index >= 15 is 0 Å². The molecule has 0 unspecified atom stereocenters. The molecule has 0 saturated heterocycles. The quantitative estimate of drug-likeness (QED) is 0.233. The molecule has 6 nitrogen and oxygen atoms in total. The van der Waals surface area contributed by atoms with Gasteiger partial charge in [-0.05, 0) is 54.8 Å². The molecule has 3 N–H and O–H groups in total. The van der Waals surface area contributed by atoms with Crippen LogP contribution in [0.3, 0.4) is 0 Å². The molecule has 0 saturated carbocycles. The summed E-state index contributed by atoms with van der Waals surface area (Å²) in [5.41, 5.74) is 3.07. The van der Waals surface area contributed by atoms with Gasteiger partial charge in [0.15, 0.2) is 17.5 Å². The fraction of sp³-hybridized carbons (Fsp3) is 0.318. The van der Waals surface area contributed by atoms with Crippen LogP contribution in [0.4, 0.5) is 4.39 Å². The first-order valence-corrected chi connectivity index (χ1v) is 9.64. The van der Waals surface area contributed by atoms with E-state index in [4.69, 9.17) is 9.47 Å². The van der Waals surface area contributed by atoms with E-state index in [0.29, 0.717) is 31.4 Å². The first kappa shape index (κ1) is 23.8. The van der Waals surface area contributed by atoms with Crippen molar-refractivity contribution in [1.82, 2.24) is 15.6 Å². The summed E-state index contributed by atoms with van der Waals surface area (Å²) < 4.78 is 24.5. The van der Waals surface area contributed by atoms with Gasteiger partial charge >= 0.3 is 0 Å². The number of halogens is 2. The minimum absolute atomic E-state index is 0. The number of rotatable bonds is 8. The van der Waals surface area contributed by atoms with E-state index in [9.17, 15) is 4.39 Å². The molecule has 0 aliphatic heterocycles. The van der Waals surface area contributed by atoms with Crippen molar-refractivity contribution in [1.29, 1.82) is 0 Å². The maximum absolute atomic E-state index is 13.5. The topological polar surface area (TPSA) is 70.7 Å². The third-order valence-electron chi connectivity index (χ3n) is 4.63. The van der Waals surface area contributed by atoms with Crippen LogP contribution in [0.25, 0.3) is 10.9 Å². The van der Waals surface area contributed by atoms with Crippen LogP contribution in [0.2, 0.25) is 0 Å². The molecular weight excluding hydrogens is 498 g/mol. The molecule has 1 heterocycles. The predicted molar refractivity (Wildman–Crippen MR) is 130 cm³/mol. The number of guanidine groups is 1. The van der Waals surface area contributed by atoms with Gasteiger partial charge in [0.05, 0.1) is 13.7 Å². The van der Waals surface area contributed by atoms with Crippen molar-refractivity contribution in [2.45, 2.75) is 19.9 Å². The molecule has 2 aromatic carbocycles. The van der Waals surface area contributed by atoms with E-state index in [1.807, 2.05) is 31.3 Å². The van der Waals surface area contributed by atoms with Crippen LogP contribution in [-0.4, -0.2) is 38.3 Å². The third kappa shape index (κ3) is 6.01. The van der Waals surface area contributed by atoms with E-state index < -0.39 is 0 Å². The highest BCUT2D eigenvalue weighted by Gasteiger charge is 2.07.